The van der Waals surface area contributed by atoms with E-state index in [1.54, 1.807) is 0 Å². The molecule has 5 heteroatoms. The smallest absolute Gasteiger partial charge is 0.247 e. The molecule has 0 spiro atoms. The normalized spacial score (nSPS) is 26.8. The highest BCUT2D eigenvalue weighted by Crippen LogP contribution is 2.50. The number of nitrogens with zero attached hydrogens (tertiary/aromatic N) is 3. The van der Waals surface area contributed by atoms with Crippen molar-refractivity contribution in [3.05, 3.63) is 71.6 Å². The second kappa shape index (κ2) is 7.69. The fourth-order valence-electron chi connectivity index (χ4n) is 5.03. The SMILES string of the molecule is Cc1ccc([C@H]2C[C@@H]3CC[C@H]([C@H]2c2nnc(-c4ccccc4)o2)N3C)cc1.Cl. The fourth-order valence-corrected chi connectivity index (χ4v) is 5.03. The van der Waals surface area contributed by atoms with Crippen LogP contribution >= 0.6 is 12.4 Å². The lowest BCUT2D eigenvalue weighted by Crippen LogP contribution is -2.44. The molecule has 0 N–H and O–H groups in total. The van der Waals surface area contributed by atoms with Gasteiger partial charge in [-0.05, 0) is 56.8 Å². The zero-order valence-corrected chi connectivity index (χ0v) is 17.1. The summed E-state index contributed by atoms with van der Waals surface area (Å²) < 4.78 is 6.23. The number of fused-ring (bicyclic) bond motifs is 2. The Kier molecular flexibility index (Phi) is 5.26. The molecule has 1 aromatic heterocycles. The zero-order chi connectivity index (χ0) is 18.4. The predicted octanol–water partition coefficient (Wildman–Crippen LogP) is 5.20. The van der Waals surface area contributed by atoms with Gasteiger partial charge in [0.1, 0.15) is 0 Å². The summed E-state index contributed by atoms with van der Waals surface area (Å²) in [5.74, 6) is 2.09. The summed E-state index contributed by atoms with van der Waals surface area (Å²) in [6.45, 7) is 2.14. The molecule has 3 aromatic rings. The maximum Gasteiger partial charge on any atom is 0.247 e. The van der Waals surface area contributed by atoms with Crippen LogP contribution in [0.4, 0.5) is 0 Å². The van der Waals surface area contributed by atoms with Crippen LogP contribution in [0, 0.1) is 6.92 Å². The summed E-state index contributed by atoms with van der Waals surface area (Å²) in [5, 5.41) is 8.89. The van der Waals surface area contributed by atoms with Gasteiger partial charge >= 0.3 is 0 Å². The van der Waals surface area contributed by atoms with E-state index in [0.29, 0.717) is 23.9 Å². The second-order valence-corrected chi connectivity index (χ2v) is 8.05. The maximum atomic E-state index is 6.23. The van der Waals surface area contributed by atoms with Crippen molar-refractivity contribution < 1.29 is 4.42 Å². The van der Waals surface area contributed by atoms with Crippen molar-refractivity contribution in [2.75, 3.05) is 7.05 Å². The van der Waals surface area contributed by atoms with E-state index in [9.17, 15) is 0 Å². The van der Waals surface area contributed by atoms with Crippen molar-refractivity contribution >= 4 is 12.4 Å². The number of rotatable bonds is 3. The Bertz CT molecular complexity index is 925. The number of aromatic nitrogens is 2. The van der Waals surface area contributed by atoms with Crippen LogP contribution in [0.1, 0.15) is 48.1 Å². The van der Waals surface area contributed by atoms with E-state index in [2.05, 4.69) is 53.3 Å². The molecule has 28 heavy (non-hydrogen) atoms. The minimum Gasteiger partial charge on any atom is -0.420 e. The van der Waals surface area contributed by atoms with Gasteiger partial charge in [0.05, 0.1) is 5.92 Å². The van der Waals surface area contributed by atoms with E-state index in [0.717, 1.165) is 17.9 Å². The van der Waals surface area contributed by atoms with Crippen LogP contribution in [0.2, 0.25) is 0 Å². The molecular weight excluding hydrogens is 370 g/mol. The van der Waals surface area contributed by atoms with Crippen molar-refractivity contribution in [2.24, 2.45) is 0 Å². The van der Waals surface area contributed by atoms with Gasteiger partial charge in [-0.3, -0.25) is 4.90 Å². The lowest BCUT2D eigenvalue weighted by Gasteiger charge is -2.41. The van der Waals surface area contributed by atoms with Gasteiger partial charge in [0, 0.05) is 17.6 Å². The Hall–Kier alpha value is -2.17. The Labute approximate surface area is 172 Å². The standard InChI is InChI=1S/C23H25N3O.ClH/c1-15-8-10-16(11-9-15)19-14-18-12-13-20(26(18)2)21(19)23-25-24-22(27-23)17-6-4-3-5-7-17;/h3-11,18-21H,12-14H2,1-2H3;1H/t18-,19+,20+,21-;/m0./s1. The molecule has 0 unspecified atom stereocenters. The molecule has 146 valence electrons. The van der Waals surface area contributed by atoms with Gasteiger partial charge in [-0.25, -0.2) is 0 Å². The fraction of sp³-hybridized carbons (Fsp3) is 0.391. The van der Waals surface area contributed by atoms with E-state index < -0.39 is 0 Å². The molecule has 3 heterocycles. The van der Waals surface area contributed by atoms with Gasteiger partial charge in [-0.15, -0.1) is 22.6 Å². The molecule has 5 rings (SSSR count). The van der Waals surface area contributed by atoms with Gasteiger partial charge in [0.15, 0.2) is 0 Å². The Morgan fingerprint density at radius 2 is 1.71 bits per heavy atom. The summed E-state index contributed by atoms with van der Waals surface area (Å²) in [5.41, 5.74) is 3.68. The molecule has 0 saturated carbocycles. The van der Waals surface area contributed by atoms with E-state index in [1.807, 2.05) is 30.3 Å². The molecular formula is C23H26ClN3O. The van der Waals surface area contributed by atoms with E-state index in [1.165, 1.54) is 24.0 Å². The highest BCUT2D eigenvalue weighted by atomic mass is 35.5. The highest BCUT2D eigenvalue weighted by Gasteiger charge is 2.48. The first kappa shape index (κ1) is 19.2. The average Bonchev–Trinajstić information content (AvgIpc) is 3.26. The van der Waals surface area contributed by atoms with Crippen molar-refractivity contribution in [3.63, 3.8) is 0 Å². The number of benzene rings is 2. The molecule has 4 nitrogen and oxygen atoms in total. The topological polar surface area (TPSA) is 42.2 Å². The largest absolute Gasteiger partial charge is 0.420 e. The van der Waals surface area contributed by atoms with Crippen molar-refractivity contribution in [1.82, 2.24) is 15.1 Å². The molecule has 2 bridgehead atoms. The van der Waals surface area contributed by atoms with Gasteiger partial charge in [-0.2, -0.15) is 0 Å². The van der Waals surface area contributed by atoms with Crippen LogP contribution < -0.4 is 0 Å². The first-order chi connectivity index (χ1) is 13.2. The summed E-state index contributed by atoms with van der Waals surface area (Å²) in [6.07, 6.45) is 3.63. The number of likely N-dealkylation sites (N-methyl/N-ethyl adjacent to an activating group) is 1. The Morgan fingerprint density at radius 1 is 0.964 bits per heavy atom. The number of halogens is 1. The van der Waals surface area contributed by atoms with Crippen molar-refractivity contribution in [3.8, 4) is 11.5 Å². The third-order valence-electron chi connectivity index (χ3n) is 6.52. The molecule has 2 aliphatic heterocycles. The maximum absolute atomic E-state index is 6.23. The van der Waals surface area contributed by atoms with Gasteiger partial charge in [-0.1, -0.05) is 48.0 Å². The minimum absolute atomic E-state index is 0. The van der Waals surface area contributed by atoms with Crippen LogP contribution in [0.25, 0.3) is 11.5 Å². The zero-order valence-electron chi connectivity index (χ0n) is 16.3. The minimum atomic E-state index is 0. The molecule has 2 saturated heterocycles. The third-order valence-corrected chi connectivity index (χ3v) is 6.52. The molecule has 0 amide bonds. The first-order valence-corrected chi connectivity index (χ1v) is 9.88. The molecule has 2 fully saturated rings. The summed E-state index contributed by atoms with van der Waals surface area (Å²) >= 11 is 0. The summed E-state index contributed by atoms with van der Waals surface area (Å²) in [6, 6.07) is 20.2. The second-order valence-electron chi connectivity index (χ2n) is 8.05. The lowest BCUT2D eigenvalue weighted by molar-refractivity contribution is 0.124. The number of hydrogen-bond donors (Lipinski definition) is 0. The predicted molar refractivity (Wildman–Crippen MR) is 113 cm³/mol. The van der Waals surface area contributed by atoms with Crippen molar-refractivity contribution in [1.29, 1.82) is 0 Å². The van der Waals surface area contributed by atoms with Crippen LogP contribution in [0.15, 0.2) is 59.0 Å². The average molecular weight is 396 g/mol. The molecule has 4 atom stereocenters. The number of piperidine rings is 1. The Morgan fingerprint density at radius 3 is 2.46 bits per heavy atom. The third kappa shape index (κ3) is 3.25. The van der Waals surface area contributed by atoms with E-state index in [4.69, 9.17) is 4.42 Å². The van der Waals surface area contributed by atoms with Crippen molar-refractivity contribution in [2.45, 2.75) is 50.1 Å². The quantitative estimate of drug-likeness (QED) is 0.611. The van der Waals surface area contributed by atoms with E-state index >= 15 is 0 Å². The van der Waals surface area contributed by atoms with Crippen LogP contribution in [0.3, 0.4) is 0 Å². The highest BCUT2D eigenvalue weighted by molar-refractivity contribution is 5.85. The van der Waals surface area contributed by atoms with Crippen LogP contribution in [-0.4, -0.2) is 34.2 Å². The lowest BCUT2D eigenvalue weighted by atomic mass is 9.76. The summed E-state index contributed by atoms with van der Waals surface area (Å²) in [4.78, 5) is 2.54. The molecule has 0 radical (unpaired) electrons. The molecule has 2 aromatic carbocycles. The summed E-state index contributed by atoms with van der Waals surface area (Å²) in [7, 11) is 2.26. The van der Waals surface area contributed by atoms with Gasteiger partial charge < -0.3 is 4.42 Å². The monoisotopic (exact) mass is 395 g/mol. The first-order valence-electron chi connectivity index (χ1n) is 9.88. The van der Waals surface area contributed by atoms with Gasteiger partial charge in [0.2, 0.25) is 11.8 Å². The Balaban J connectivity index is 0.00000192. The number of aryl methyl sites for hydroxylation is 1. The molecule has 2 aliphatic rings. The van der Waals surface area contributed by atoms with E-state index in [-0.39, 0.29) is 18.3 Å². The number of hydrogen-bond acceptors (Lipinski definition) is 4. The van der Waals surface area contributed by atoms with Crippen LogP contribution in [0.5, 0.6) is 0 Å². The van der Waals surface area contributed by atoms with Crippen LogP contribution in [-0.2, 0) is 0 Å². The molecule has 0 aliphatic carbocycles. The van der Waals surface area contributed by atoms with Gasteiger partial charge in [0.25, 0.3) is 0 Å².